The summed E-state index contributed by atoms with van der Waals surface area (Å²) in [6.07, 6.45) is 2.13. The Kier molecular flexibility index (Phi) is 8.19. The second-order valence-corrected chi connectivity index (χ2v) is 5.84. The Hall–Kier alpha value is -1.24. The van der Waals surface area contributed by atoms with Gasteiger partial charge in [0.25, 0.3) is 0 Å². The van der Waals surface area contributed by atoms with E-state index in [1.807, 2.05) is 18.7 Å². The van der Waals surface area contributed by atoms with Crippen molar-refractivity contribution in [2.45, 2.75) is 27.7 Å². The van der Waals surface area contributed by atoms with Gasteiger partial charge in [-0.15, -0.1) is 0 Å². The molecule has 0 aliphatic heterocycles. The molecule has 1 heterocycles. The maximum Gasteiger partial charge on any atom is 0.231 e. The fourth-order valence-electron chi connectivity index (χ4n) is 1.94. The summed E-state index contributed by atoms with van der Waals surface area (Å²) < 4.78 is 0. The third kappa shape index (κ3) is 5.95. The van der Waals surface area contributed by atoms with Gasteiger partial charge in [-0.25, -0.2) is 0 Å². The van der Waals surface area contributed by atoms with Crippen LogP contribution in [-0.4, -0.2) is 53.1 Å². The van der Waals surface area contributed by atoms with Crippen LogP contribution in [0.15, 0.2) is 0 Å². The van der Waals surface area contributed by atoms with Gasteiger partial charge in [-0.3, -0.25) is 0 Å². The Bertz CT molecular complexity index is 410. The summed E-state index contributed by atoms with van der Waals surface area (Å²) in [5, 5.41) is 6.50. The van der Waals surface area contributed by atoms with Crippen molar-refractivity contribution in [1.82, 2.24) is 15.0 Å². The summed E-state index contributed by atoms with van der Waals surface area (Å²) in [6.45, 7) is 11.9. The second-order valence-electron chi connectivity index (χ2n) is 4.93. The van der Waals surface area contributed by atoms with Gasteiger partial charge >= 0.3 is 0 Å². The molecule has 0 aromatic carbocycles. The number of rotatable bonds is 10. The standard InChI is InChI=1S/C14H28N6S/c1-6-15-12-17-13(16-9-11(4)10-21-5)19-14(18-12)20(7-2)8-3/h11H,6-10H2,1-5H3,(H2,15,16,17,18,19). The van der Waals surface area contributed by atoms with Gasteiger partial charge in [-0.1, -0.05) is 6.92 Å². The summed E-state index contributed by atoms with van der Waals surface area (Å²) in [5.74, 6) is 3.72. The van der Waals surface area contributed by atoms with Crippen LogP contribution < -0.4 is 15.5 Å². The molecule has 0 aliphatic carbocycles. The van der Waals surface area contributed by atoms with E-state index in [0.717, 1.165) is 37.9 Å². The van der Waals surface area contributed by atoms with Crippen molar-refractivity contribution < 1.29 is 0 Å². The van der Waals surface area contributed by atoms with E-state index in [9.17, 15) is 0 Å². The molecular weight excluding hydrogens is 284 g/mol. The molecule has 1 rings (SSSR count). The first-order valence-electron chi connectivity index (χ1n) is 7.62. The van der Waals surface area contributed by atoms with Crippen LogP contribution in [0.25, 0.3) is 0 Å². The fraction of sp³-hybridized carbons (Fsp3) is 0.786. The molecule has 2 N–H and O–H groups in total. The molecule has 0 spiro atoms. The Morgan fingerprint density at radius 2 is 1.67 bits per heavy atom. The van der Waals surface area contributed by atoms with Crippen molar-refractivity contribution in [1.29, 1.82) is 0 Å². The third-order valence-electron chi connectivity index (χ3n) is 3.06. The first-order chi connectivity index (χ1) is 10.1. The van der Waals surface area contributed by atoms with Crippen LogP contribution in [-0.2, 0) is 0 Å². The maximum atomic E-state index is 4.54. The highest BCUT2D eigenvalue weighted by Crippen LogP contribution is 2.14. The highest BCUT2D eigenvalue weighted by molar-refractivity contribution is 7.98. The lowest BCUT2D eigenvalue weighted by atomic mass is 10.2. The number of hydrogen-bond acceptors (Lipinski definition) is 7. The van der Waals surface area contributed by atoms with E-state index in [0.29, 0.717) is 17.8 Å². The smallest absolute Gasteiger partial charge is 0.231 e. The Morgan fingerprint density at radius 3 is 2.19 bits per heavy atom. The fourth-order valence-corrected chi connectivity index (χ4v) is 2.62. The van der Waals surface area contributed by atoms with Crippen LogP contribution in [0.1, 0.15) is 27.7 Å². The van der Waals surface area contributed by atoms with Crippen molar-refractivity contribution in [3.8, 4) is 0 Å². The molecule has 1 aromatic heterocycles. The molecule has 0 amide bonds. The van der Waals surface area contributed by atoms with Gasteiger partial charge in [0.1, 0.15) is 0 Å². The van der Waals surface area contributed by atoms with Crippen LogP contribution in [0, 0.1) is 5.92 Å². The zero-order valence-corrected chi connectivity index (χ0v) is 14.6. The minimum Gasteiger partial charge on any atom is -0.354 e. The third-order valence-corrected chi connectivity index (χ3v) is 3.97. The average Bonchev–Trinajstić information content (AvgIpc) is 2.47. The predicted octanol–water partition coefficient (Wildman–Crippen LogP) is 2.56. The van der Waals surface area contributed by atoms with Crippen molar-refractivity contribution in [2.75, 3.05) is 53.7 Å². The van der Waals surface area contributed by atoms with Gasteiger partial charge in [0.15, 0.2) is 0 Å². The molecule has 0 saturated carbocycles. The topological polar surface area (TPSA) is 66.0 Å². The van der Waals surface area contributed by atoms with E-state index in [-0.39, 0.29) is 0 Å². The molecule has 6 nitrogen and oxygen atoms in total. The summed E-state index contributed by atoms with van der Waals surface area (Å²) in [6, 6.07) is 0. The molecule has 0 fully saturated rings. The lowest BCUT2D eigenvalue weighted by molar-refractivity contribution is 0.695. The van der Waals surface area contributed by atoms with E-state index in [2.05, 4.69) is 57.5 Å². The highest BCUT2D eigenvalue weighted by atomic mass is 32.2. The predicted molar refractivity (Wildman–Crippen MR) is 93.6 cm³/mol. The lowest BCUT2D eigenvalue weighted by Gasteiger charge is -2.20. The van der Waals surface area contributed by atoms with Crippen LogP contribution in [0.3, 0.4) is 0 Å². The highest BCUT2D eigenvalue weighted by Gasteiger charge is 2.11. The summed E-state index contributed by atoms with van der Waals surface area (Å²) >= 11 is 1.86. The maximum absolute atomic E-state index is 4.54. The summed E-state index contributed by atoms with van der Waals surface area (Å²) in [4.78, 5) is 15.6. The molecule has 21 heavy (non-hydrogen) atoms. The van der Waals surface area contributed by atoms with Gasteiger partial charge in [-0.2, -0.15) is 26.7 Å². The Labute approximate surface area is 132 Å². The molecule has 0 bridgehead atoms. The molecule has 0 saturated heterocycles. The van der Waals surface area contributed by atoms with Crippen molar-refractivity contribution in [2.24, 2.45) is 5.92 Å². The minimum atomic E-state index is 0.580. The molecule has 7 heteroatoms. The van der Waals surface area contributed by atoms with E-state index in [1.165, 1.54) is 0 Å². The summed E-state index contributed by atoms with van der Waals surface area (Å²) in [7, 11) is 0. The zero-order chi connectivity index (χ0) is 15.7. The van der Waals surface area contributed by atoms with Crippen LogP contribution in [0.2, 0.25) is 0 Å². The quantitative estimate of drug-likeness (QED) is 0.688. The number of hydrogen-bond donors (Lipinski definition) is 2. The molecule has 120 valence electrons. The molecule has 0 aliphatic rings. The average molecular weight is 312 g/mol. The summed E-state index contributed by atoms with van der Waals surface area (Å²) in [5.41, 5.74) is 0. The van der Waals surface area contributed by atoms with Gasteiger partial charge in [0.05, 0.1) is 0 Å². The van der Waals surface area contributed by atoms with Gasteiger partial charge in [-0.05, 0) is 38.7 Å². The number of anilines is 3. The van der Waals surface area contributed by atoms with Gasteiger partial charge < -0.3 is 15.5 Å². The second kappa shape index (κ2) is 9.65. The number of nitrogens with one attached hydrogen (secondary N) is 2. The number of aromatic nitrogens is 3. The Balaban J connectivity index is 2.86. The van der Waals surface area contributed by atoms with Crippen molar-refractivity contribution in [3.63, 3.8) is 0 Å². The van der Waals surface area contributed by atoms with Crippen molar-refractivity contribution in [3.05, 3.63) is 0 Å². The van der Waals surface area contributed by atoms with Gasteiger partial charge in [0, 0.05) is 26.2 Å². The lowest BCUT2D eigenvalue weighted by Crippen LogP contribution is -2.26. The van der Waals surface area contributed by atoms with Crippen molar-refractivity contribution >= 4 is 29.6 Å². The first-order valence-corrected chi connectivity index (χ1v) is 9.01. The van der Waals surface area contributed by atoms with E-state index in [1.54, 1.807) is 0 Å². The Morgan fingerprint density at radius 1 is 1.05 bits per heavy atom. The number of thioether (sulfide) groups is 1. The van der Waals surface area contributed by atoms with E-state index >= 15 is 0 Å². The van der Waals surface area contributed by atoms with E-state index in [4.69, 9.17) is 0 Å². The monoisotopic (exact) mass is 312 g/mol. The number of nitrogens with zero attached hydrogens (tertiary/aromatic N) is 4. The zero-order valence-electron chi connectivity index (χ0n) is 13.8. The largest absolute Gasteiger partial charge is 0.354 e. The van der Waals surface area contributed by atoms with E-state index < -0.39 is 0 Å². The van der Waals surface area contributed by atoms with Crippen LogP contribution in [0.4, 0.5) is 17.8 Å². The normalized spacial score (nSPS) is 12.0. The molecular formula is C14H28N6S. The van der Waals surface area contributed by atoms with Crippen LogP contribution >= 0.6 is 11.8 Å². The molecule has 1 atom stereocenters. The molecule has 1 aromatic rings. The van der Waals surface area contributed by atoms with Crippen LogP contribution in [0.5, 0.6) is 0 Å². The van der Waals surface area contributed by atoms with Gasteiger partial charge in [0.2, 0.25) is 17.8 Å². The molecule has 0 radical (unpaired) electrons. The minimum absolute atomic E-state index is 0.580. The first kappa shape index (κ1) is 17.8. The SMILES string of the molecule is CCNc1nc(NCC(C)CSC)nc(N(CC)CC)n1. The molecule has 1 unspecified atom stereocenters.